The van der Waals surface area contributed by atoms with E-state index in [1.165, 1.54) is 0 Å². The van der Waals surface area contributed by atoms with Gasteiger partial charge < -0.3 is 10.1 Å². The molecule has 1 aromatic carbocycles. The van der Waals surface area contributed by atoms with E-state index in [-0.39, 0.29) is 11.9 Å². The first-order chi connectivity index (χ1) is 8.99. The maximum Gasteiger partial charge on any atom is 0.220 e. The summed E-state index contributed by atoms with van der Waals surface area (Å²) < 4.78 is 5.53. The average Bonchev–Trinajstić information content (AvgIpc) is 2.36. The molecular weight excluding hydrogens is 262 g/mol. The van der Waals surface area contributed by atoms with Crippen molar-refractivity contribution in [2.45, 2.75) is 39.7 Å². The predicted molar refractivity (Wildman–Crippen MR) is 78.6 cm³/mol. The average molecular weight is 284 g/mol. The molecule has 0 radical (unpaired) electrons. The summed E-state index contributed by atoms with van der Waals surface area (Å²) in [6.45, 7) is 6.74. The van der Waals surface area contributed by atoms with Crippen LogP contribution in [0.3, 0.4) is 0 Å². The molecule has 3 nitrogen and oxygen atoms in total. The molecule has 1 rings (SSSR count). The molecule has 0 aliphatic heterocycles. The SMILES string of the molecule is CC(C)[C@@H](C)NC(=O)CCCOc1ccc(Cl)cc1. The second-order valence-corrected chi connectivity index (χ2v) is 5.44. The van der Waals surface area contributed by atoms with E-state index in [1.54, 1.807) is 12.1 Å². The molecule has 0 unspecified atom stereocenters. The predicted octanol–water partition coefficient (Wildman–Crippen LogP) is 3.66. The number of carbonyl (C=O) groups is 1. The van der Waals surface area contributed by atoms with Gasteiger partial charge in [-0.2, -0.15) is 0 Å². The van der Waals surface area contributed by atoms with E-state index in [1.807, 2.05) is 19.1 Å². The fraction of sp³-hybridized carbons (Fsp3) is 0.533. The third-order valence-corrected chi connectivity index (χ3v) is 3.27. The molecule has 106 valence electrons. The Morgan fingerprint density at radius 3 is 2.47 bits per heavy atom. The Bertz CT molecular complexity index is 390. The van der Waals surface area contributed by atoms with Gasteiger partial charge in [-0.25, -0.2) is 0 Å². The molecule has 0 saturated carbocycles. The Morgan fingerprint density at radius 1 is 1.26 bits per heavy atom. The summed E-state index contributed by atoms with van der Waals surface area (Å²) in [6, 6.07) is 7.43. The van der Waals surface area contributed by atoms with Gasteiger partial charge in [-0.1, -0.05) is 25.4 Å². The fourth-order valence-corrected chi connectivity index (χ4v) is 1.57. The fourth-order valence-electron chi connectivity index (χ4n) is 1.45. The smallest absolute Gasteiger partial charge is 0.220 e. The van der Waals surface area contributed by atoms with Gasteiger partial charge in [0.25, 0.3) is 0 Å². The highest BCUT2D eigenvalue weighted by atomic mass is 35.5. The molecule has 0 saturated heterocycles. The van der Waals surface area contributed by atoms with Crippen LogP contribution in [-0.2, 0) is 4.79 Å². The number of carbonyl (C=O) groups excluding carboxylic acids is 1. The summed E-state index contributed by atoms with van der Waals surface area (Å²) in [7, 11) is 0. The van der Waals surface area contributed by atoms with Crippen molar-refractivity contribution >= 4 is 17.5 Å². The first-order valence-electron chi connectivity index (χ1n) is 6.66. The molecule has 0 aliphatic rings. The summed E-state index contributed by atoms with van der Waals surface area (Å²) in [5.74, 6) is 1.32. The summed E-state index contributed by atoms with van der Waals surface area (Å²) in [4.78, 5) is 11.6. The molecule has 4 heteroatoms. The molecule has 0 aliphatic carbocycles. The zero-order valence-corrected chi connectivity index (χ0v) is 12.5. The van der Waals surface area contributed by atoms with E-state index in [9.17, 15) is 4.79 Å². The van der Waals surface area contributed by atoms with E-state index in [4.69, 9.17) is 16.3 Å². The maximum atomic E-state index is 11.6. The molecule has 1 N–H and O–H groups in total. The second-order valence-electron chi connectivity index (χ2n) is 5.01. The van der Waals surface area contributed by atoms with Gasteiger partial charge >= 0.3 is 0 Å². The van der Waals surface area contributed by atoms with Crippen LogP contribution in [0.4, 0.5) is 0 Å². The minimum absolute atomic E-state index is 0.0842. The molecule has 1 atom stereocenters. The number of hydrogen-bond acceptors (Lipinski definition) is 2. The molecule has 0 heterocycles. The summed E-state index contributed by atoms with van der Waals surface area (Å²) in [5.41, 5.74) is 0. The Kier molecular flexibility index (Phi) is 6.71. The van der Waals surface area contributed by atoms with E-state index in [2.05, 4.69) is 19.2 Å². The lowest BCUT2D eigenvalue weighted by atomic mass is 10.1. The van der Waals surface area contributed by atoms with Gasteiger partial charge in [0.15, 0.2) is 0 Å². The van der Waals surface area contributed by atoms with Gasteiger partial charge in [0, 0.05) is 17.5 Å². The third-order valence-electron chi connectivity index (χ3n) is 3.02. The molecular formula is C15H22ClNO2. The van der Waals surface area contributed by atoms with Gasteiger partial charge in [0.1, 0.15) is 5.75 Å². The Morgan fingerprint density at radius 2 is 1.89 bits per heavy atom. The van der Waals surface area contributed by atoms with Gasteiger partial charge in [-0.15, -0.1) is 0 Å². The van der Waals surface area contributed by atoms with Gasteiger partial charge in [0.05, 0.1) is 6.61 Å². The van der Waals surface area contributed by atoms with Gasteiger partial charge in [-0.3, -0.25) is 4.79 Å². The highest BCUT2D eigenvalue weighted by molar-refractivity contribution is 6.30. The van der Waals surface area contributed by atoms with Crippen LogP contribution in [0.2, 0.25) is 5.02 Å². The highest BCUT2D eigenvalue weighted by Gasteiger charge is 2.10. The highest BCUT2D eigenvalue weighted by Crippen LogP contribution is 2.15. The van der Waals surface area contributed by atoms with Crippen LogP contribution in [0.5, 0.6) is 5.75 Å². The van der Waals surface area contributed by atoms with Crippen molar-refractivity contribution in [1.29, 1.82) is 0 Å². The molecule has 1 aromatic rings. The minimum Gasteiger partial charge on any atom is -0.494 e. The van der Waals surface area contributed by atoms with Crippen LogP contribution >= 0.6 is 11.6 Å². The van der Waals surface area contributed by atoms with E-state index >= 15 is 0 Å². The number of hydrogen-bond donors (Lipinski definition) is 1. The number of halogens is 1. The molecule has 0 bridgehead atoms. The molecule has 19 heavy (non-hydrogen) atoms. The Labute approximate surface area is 120 Å². The largest absolute Gasteiger partial charge is 0.494 e. The topological polar surface area (TPSA) is 38.3 Å². The van der Waals surface area contributed by atoms with E-state index in [0.717, 1.165) is 5.75 Å². The Balaban J connectivity index is 2.17. The van der Waals surface area contributed by atoms with E-state index < -0.39 is 0 Å². The van der Waals surface area contributed by atoms with Crippen LogP contribution in [0.1, 0.15) is 33.6 Å². The zero-order valence-electron chi connectivity index (χ0n) is 11.8. The monoisotopic (exact) mass is 283 g/mol. The number of ether oxygens (including phenoxy) is 1. The molecule has 1 amide bonds. The zero-order chi connectivity index (χ0) is 14.3. The van der Waals surface area contributed by atoms with Crippen molar-refractivity contribution in [1.82, 2.24) is 5.32 Å². The van der Waals surface area contributed by atoms with Crippen molar-refractivity contribution in [3.63, 3.8) is 0 Å². The van der Waals surface area contributed by atoms with Crippen LogP contribution < -0.4 is 10.1 Å². The number of nitrogens with one attached hydrogen (secondary N) is 1. The lowest BCUT2D eigenvalue weighted by Crippen LogP contribution is -2.36. The number of rotatable bonds is 7. The van der Waals surface area contributed by atoms with Crippen LogP contribution in [-0.4, -0.2) is 18.6 Å². The normalized spacial score (nSPS) is 12.3. The summed E-state index contributed by atoms with van der Waals surface area (Å²) in [5, 5.41) is 3.66. The van der Waals surface area contributed by atoms with Crippen LogP contribution in [0.25, 0.3) is 0 Å². The third kappa shape index (κ3) is 6.48. The quantitative estimate of drug-likeness (QED) is 0.776. The van der Waals surface area contributed by atoms with Crippen LogP contribution in [0, 0.1) is 5.92 Å². The first kappa shape index (κ1) is 15.8. The van der Waals surface area contributed by atoms with Crippen molar-refractivity contribution < 1.29 is 9.53 Å². The lowest BCUT2D eigenvalue weighted by molar-refractivity contribution is -0.122. The molecule has 0 aromatic heterocycles. The maximum absolute atomic E-state index is 11.6. The van der Waals surface area contributed by atoms with Crippen molar-refractivity contribution in [3.8, 4) is 5.75 Å². The summed E-state index contributed by atoms with van der Waals surface area (Å²) >= 11 is 5.78. The molecule has 0 fully saturated rings. The first-order valence-corrected chi connectivity index (χ1v) is 7.04. The van der Waals surface area contributed by atoms with Crippen LogP contribution in [0.15, 0.2) is 24.3 Å². The standard InChI is InChI=1S/C15H22ClNO2/c1-11(2)12(3)17-15(18)5-4-10-19-14-8-6-13(16)7-9-14/h6-9,11-12H,4-5,10H2,1-3H3,(H,17,18)/t12-/m1/s1. The number of amides is 1. The second kappa shape index (κ2) is 8.05. The van der Waals surface area contributed by atoms with Crippen molar-refractivity contribution in [2.24, 2.45) is 5.92 Å². The lowest BCUT2D eigenvalue weighted by Gasteiger charge is -2.17. The Hall–Kier alpha value is -1.22. The van der Waals surface area contributed by atoms with E-state index in [0.29, 0.717) is 30.4 Å². The minimum atomic E-state index is 0.0842. The number of benzene rings is 1. The van der Waals surface area contributed by atoms with Gasteiger partial charge in [-0.05, 0) is 43.5 Å². The summed E-state index contributed by atoms with van der Waals surface area (Å²) in [6.07, 6.45) is 1.20. The van der Waals surface area contributed by atoms with Gasteiger partial charge in [0.2, 0.25) is 5.91 Å². The molecule has 0 spiro atoms. The van der Waals surface area contributed by atoms with Crippen molar-refractivity contribution in [2.75, 3.05) is 6.61 Å². The van der Waals surface area contributed by atoms with Crippen molar-refractivity contribution in [3.05, 3.63) is 29.3 Å².